The quantitative estimate of drug-likeness (QED) is 0.0282. The number of alkyl halides is 9. The number of hydrogen-bond acceptors (Lipinski definition) is 14. The fourth-order valence-electron chi connectivity index (χ4n) is 5.20. The van der Waals surface area contributed by atoms with Gasteiger partial charge < -0.3 is 39.0 Å². The van der Waals surface area contributed by atoms with E-state index in [0.717, 1.165) is 78.4 Å². The lowest BCUT2D eigenvalue weighted by atomic mass is 10.1. The lowest BCUT2D eigenvalue weighted by Gasteiger charge is -2.21. The van der Waals surface area contributed by atoms with Crippen LogP contribution in [0.4, 0.5) is 53.9 Å². The molecule has 0 aliphatic heterocycles. The topological polar surface area (TPSA) is 201 Å². The average Bonchev–Trinajstić information content (AvgIpc) is 3.26. The fraction of sp³-hybridized carbons (Fsp3) is 0.295. The minimum absolute atomic E-state index is 0.0339. The fourth-order valence-corrected chi connectivity index (χ4v) is 6.58. The lowest BCUT2D eigenvalue weighted by Crippen LogP contribution is -2.26. The summed E-state index contributed by atoms with van der Waals surface area (Å²) in [6, 6.07) is 21.8. The van der Waals surface area contributed by atoms with Crippen LogP contribution in [0, 0.1) is 6.92 Å². The standard InChI is InChI=1S/C22H19F3O6S.C11H11F3O4.C8H7F3O2.C3H5ClO2/c1-3-29-21(26)30-16-12-10-15(11-13-16)20(22(23,24)25)31-32(27,28)19-9-5-7-17-14(2)6-4-8-18(17)19;1-2-17-10(16)18-8-5-3-7(4-6-8)9(15)11(12,13)14;9-8(10,11)7(13)5-1-3-6(12)4-2-5;1-2-6-3(4)5/h4-13,20H,3H2,1-2H3;3-6,9,15H,2H2,1H3;1-4,7,12-13H;2H2,1H3. The van der Waals surface area contributed by atoms with Crippen LogP contribution in [0.15, 0.2) is 114 Å². The van der Waals surface area contributed by atoms with Gasteiger partial charge in [-0.1, -0.05) is 66.7 Å². The third-order valence-electron chi connectivity index (χ3n) is 8.28. The summed E-state index contributed by atoms with van der Waals surface area (Å²) in [6.45, 7) is 7.15. The van der Waals surface area contributed by atoms with Crippen LogP contribution in [0.25, 0.3) is 10.8 Å². The number of carbonyl (C=O) groups is 3. The maximum Gasteiger partial charge on any atom is 0.513 e. The molecule has 5 aromatic rings. The summed E-state index contributed by atoms with van der Waals surface area (Å²) >= 11 is 4.72. The summed E-state index contributed by atoms with van der Waals surface area (Å²) in [5, 5.41) is 27.3. The Hall–Kier alpha value is -6.34. The molecule has 0 spiro atoms. The number of aromatic hydroxyl groups is 1. The normalized spacial score (nSPS) is 12.8. The monoisotopic (exact) mass is 1030 g/mol. The molecule has 69 heavy (non-hydrogen) atoms. The van der Waals surface area contributed by atoms with Crippen molar-refractivity contribution in [3.8, 4) is 17.2 Å². The van der Waals surface area contributed by atoms with Gasteiger partial charge in [0, 0.05) is 17.0 Å². The van der Waals surface area contributed by atoms with E-state index in [-0.39, 0.29) is 51.9 Å². The molecule has 0 aromatic heterocycles. The maximum atomic E-state index is 13.7. The molecule has 0 saturated carbocycles. The van der Waals surface area contributed by atoms with Crippen LogP contribution < -0.4 is 9.47 Å². The van der Waals surface area contributed by atoms with Crippen molar-refractivity contribution in [2.24, 2.45) is 0 Å². The summed E-state index contributed by atoms with van der Waals surface area (Å²) in [4.78, 5) is 31.5. The van der Waals surface area contributed by atoms with Gasteiger partial charge in [-0.05, 0) is 97.8 Å². The van der Waals surface area contributed by atoms with Crippen molar-refractivity contribution < 1.29 is 106 Å². The first-order valence-electron chi connectivity index (χ1n) is 19.5. The second-order valence-corrected chi connectivity index (χ2v) is 15.1. The Morgan fingerprint density at radius 2 is 0.957 bits per heavy atom. The molecule has 25 heteroatoms. The molecule has 0 radical (unpaired) electrons. The predicted octanol–water partition coefficient (Wildman–Crippen LogP) is 11.9. The molecule has 0 heterocycles. The van der Waals surface area contributed by atoms with Crippen LogP contribution >= 0.6 is 11.6 Å². The Morgan fingerprint density at radius 3 is 1.33 bits per heavy atom. The number of halogens is 10. The van der Waals surface area contributed by atoms with E-state index in [1.165, 1.54) is 18.2 Å². The van der Waals surface area contributed by atoms with Crippen LogP contribution in [0.5, 0.6) is 17.2 Å². The smallest absolute Gasteiger partial charge is 0.508 e. The molecule has 3 unspecified atom stereocenters. The molecule has 0 saturated heterocycles. The Balaban J connectivity index is 0.000000369. The maximum absolute atomic E-state index is 13.7. The molecule has 5 aromatic carbocycles. The molecule has 378 valence electrons. The van der Waals surface area contributed by atoms with Crippen LogP contribution in [0.1, 0.15) is 61.3 Å². The summed E-state index contributed by atoms with van der Waals surface area (Å²) in [7, 11) is -4.80. The summed E-state index contributed by atoms with van der Waals surface area (Å²) in [5.74, 6) is -0.176. The Morgan fingerprint density at radius 1 is 0.565 bits per heavy atom. The number of ether oxygens (including phenoxy) is 5. The van der Waals surface area contributed by atoms with E-state index in [2.05, 4.69) is 18.9 Å². The molecule has 14 nitrogen and oxygen atoms in total. The number of phenols is 1. The number of aryl methyl sites for hydroxylation is 1. The highest BCUT2D eigenvalue weighted by Gasteiger charge is 2.46. The number of aliphatic hydroxyl groups excluding tert-OH is 2. The number of fused-ring (bicyclic) bond motifs is 1. The number of hydrogen-bond donors (Lipinski definition) is 3. The van der Waals surface area contributed by atoms with Crippen molar-refractivity contribution in [2.75, 3.05) is 19.8 Å². The van der Waals surface area contributed by atoms with Gasteiger partial charge in [0.2, 0.25) is 0 Å². The highest BCUT2D eigenvalue weighted by molar-refractivity contribution is 7.87. The zero-order valence-electron chi connectivity index (χ0n) is 36.3. The zero-order chi connectivity index (χ0) is 52.3. The third kappa shape index (κ3) is 19.7. The second-order valence-electron chi connectivity index (χ2n) is 13.3. The minimum Gasteiger partial charge on any atom is -0.508 e. The molecule has 0 bridgehead atoms. The molecule has 3 atom stereocenters. The molecule has 0 aliphatic carbocycles. The van der Waals surface area contributed by atoms with E-state index >= 15 is 0 Å². The summed E-state index contributed by atoms with van der Waals surface area (Å²) in [6.07, 6.45) is -24.2. The molecular formula is C44H42ClF9O14S. The van der Waals surface area contributed by atoms with Gasteiger partial charge >= 0.3 is 36.3 Å². The van der Waals surface area contributed by atoms with Gasteiger partial charge in [-0.25, -0.2) is 18.6 Å². The van der Waals surface area contributed by atoms with Gasteiger partial charge in [-0.15, -0.1) is 0 Å². The highest BCUT2D eigenvalue weighted by Crippen LogP contribution is 2.40. The first kappa shape index (κ1) is 58.8. The van der Waals surface area contributed by atoms with Gasteiger partial charge in [0.1, 0.15) is 22.1 Å². The molecule has 0 aliphatic rings. The molecule has 0 fully saturated rings. The Labute approximate surface area is 392 Å². The number of aliphatic hydroxyl groups is 2. The second kappa shape index (κ2) is 26.4. The number of rotatable bonds is 11. The first-order chi connectivity index (χ1) is 32.0. The highest BCUT2D eigenvalue weighted by atomic mass is 35.5. The largest absolute Gasteiger partial charge is 0.513 e. The number of phenolic OH excluding ortho intramolecular Hbond substituents is 1. The van der Waals surface area contributed by atoms with Gasteiger partial charge in [0.05, 0.1) is 19.8 Å². The van der Waals surface area contributed by atoms with E-state index in [0.29, 0.717) is 12.0 Å². The zero-order valence-corrected chi connectivity index (χ0v) is 37.8. The Kier molecular flexibility index (Phi) is 22.5. The van der Waals surface area contributed by atoms with Crippen LogP contribution in [0.2, 0.25) is 0 Å². The van der Waals surface area contributed by atoms with E-state index in [1.807, 2.05) is 0 Å². The SMILES string of the molecule is CCOC(=O)Cl.CCOC(=O)Oc1ccc(C(O)C(F)(F)F)cc1.CCOC(=O)Oc1ccc(C(OS(=O)(=O)c2cccc3c(C)cccc23)C(F)(F)F)cc1.Oc1ccc(C(O)C(F)(F)F)cc1. The van der Waals surface area contributed by atoms with Crippen LogP contribution in [-0.2, 0) is 28.5 Å². The molecular weight excluding hydrogens is 991 g/mol. The molecule has 5 rings (SSSR count). The van der Waals surface area contributed by atoms with Crippen molar-refractivity contribution in [2.45, 2.75) is 69.4 Å². The molecule has 0 amide bonds. The van der Waals surface area contributed by atoms with Crippen molar-refractivity contribution in [3.63, 3.8) is 0 Å². The third-order valence-corrected chi connectivity index (χ3v) is 9.73. The van der Waals surface area contributed by atoms with Crippen LogP contribution in [0.3, 0.4) is 0 Å². The van der Waals surface area contributed by atoms with Crippen molar-refractivity contribution in [1.82, 2.24) is 0 Å². The lowest BCUT2D eigenvalue weighted by molar-refractivity contribution is -0.207. The number of carbonyl (C=O) groups excluding carboxylic acids is 3. The molecule has 3 N–H and O–H groups in total. The van der Waals surface area contributed by atoms with Crippen LogP contribution in [-0.4, -0.2) is 79.8 Å². The predicted molar refractivity (Wildman–Crippen MR) is 227 cm³/mol. The van der Waals surface area contributed by atoms with Crippen molar-refractivity contribution in [1.29, 1.82) is 0 Å². The van der Waals surface area contributed by atoms with E-state index < -0.39 is 70.3 Å². The van der Waals surface area contributed by atoms with E-state index in [9.17, 15) is 62.3 Å². The average molecular weight is 1030 g/mol. The Bertz CT molecular complexity index is 2520. The van der Waals surface area contributed by atoms with E-state index in [4.69, 9.17) is 35.8 Å². The minimum atomic E-state index is -5.03. The van der Waals surface area contributed by atoms with Gasteiger partial charge in [-0.3, -0.25) is 0 Å². The van der Waals surface area contributed by atoms with Gasteiger partial charge in [0.15, 0.2) is 18.3 Å². The van der Waals surface area contributed by atoms with Crippen molar-refractivity contribution >= 4 is 50.2 Å². The van der Waals surface area contributed by atoms with Gasteiger partial charge in [-0.2, -0.15) is 47.9 Å². The van der Waals surface area contributed by atoms with Gasteiger partial charge in [0.25, 0.3) is 10.1 Å². The first-order valence-corrected chi connectivity index (χ1v) is 21.3. The summed E-state index contributed by atoms with van der Waals surface area (Å²) < 4.78 is 167. The van der Waals surface area contributed by atoms with E-state index in [1.54, 1.807) is 45.9 Å². The number of benzene rings is 5. The summed E-state index contributed by atoms with van der Waals surface area (Å²) in [5.41, 5.74) is -1.07. The van der Waals surface area contributed by atoms with Crippen molar-refractivity contribution in [3.05, 3.63) is 131 Å².